The molecule has 2 aromatic rings. The van der Waals surface area contributed by atoms with Crippen LogP contribution in [-0.4, -0.2) is 4.98 Å². The molecule has 1 nitrogen and oxygen atoms in total. The molecule has 0 aliphatic rings. The van der Waals surface area contributed by atoms with Crippen LogP contribution in [0.15, 0.2) is 36.5 Å². The van der Waals surface area contributed by atoms with Crippen molar-refractivity contribution >= 4 is 10.9 Å². The minimum absolute atomic E-state index is 0.898. The molecule has 0 atom stereocenters. The Kier molecular flexibility index (Phi) is 4.96. The topological polar surface area (TPSA) is 15.8 Å². The Hall–Kier alpha value is -1.24. The molecule has 0 saturated heterocycles. The highest BCUT2D eigenvalue weighted by Crippen LogP contribution is 2.09. The molecule has 0 amide bonds. The predicted molar refractivity (Wildman–Crippen MR) is 68.0 cm³/mol. The number of para-hydroxylation sites is 1. The number of benzene rings is 1. The molecule has 1 aromatic carbocycles. The maximum Gasteiger partial charge on any atom is 0.0453 e. The van der Waals surface area contributed by atoms with E-state index in [0.717, 1.165) is 5.92 Å². The van der Waals surface area contributed by atoms with Crippen LogP contribution in [0.25, 0.3) is 10.9 Å². The summed E-state index contributed by atoms with van der Waals surface area (Å²) in [7, 11) is 0. The molecule has 1 N–H and O–H groups in total. The summed E-state index contributed by atoms with van der Waals surface area (Å²) in [6, 6.07) is 10.3. The van der Waals surface area contributed by atoms with Crippen LogP contribution in [0.5, 0.6) is 0 Å². The molecule has 0 radical (unpaired) electrons. The molecule has 2 rings (SSSR count). The summed E-state index contributed by atoms with van der Waals surface area (Å²) in [5.41, 5.74) is 1.21. The second-order valence-corrected chi connectivity index (χ2v) is 4.25. The molecular formula is C14H21N. The van der Waals surface area contributed by atoms with Gasteiger partial charge in [0.15, 0.2) is 0 Å². The van der Waals surface area contributed by atoms with E-state index in [4.69, 9.17) is 0 Å². The van der Waals surface area contributed by atoms with Gasteiger partial charge in [0.05, 0.1) is 0 Å². The molecular weight excluding hydrogens is 182 g/mol. The fraction of sp³-hybridized carbons (Fsp3) is 0.429. The van der Waals surface area contributed by atoms with Gasteiger partial charge in [-0.3, -0.25) is 0 Å². The van der Waals surface area contributed by atoms with Gasteiger partial charge in [-0.25, -0.2) is 0 Å². The molecule has 0 aliphatic carbocycles. The monoisotopic (exact) mass is 203 g/mol. The summed E-state index contributed by atoms with van der Waals surface area (Å²) >= 11 is 0. The summed E-state index contributed by atoms with van der Waals surface area (Å²) in [5, 5.41) is 1.28. The number of hydrogen-bond acceptors (Lipinski definition) is 0. The molecule has 15 heavy (non-hydrogen) atoms. The van der Waals surface area contributed by atoms with E-state index in [9.17, 15) is 0 Å². The summed E-state index contributed by atoms with van der Waals surface area (Å²) in [6.07, 6.45) is 4.66. The SMILES string of the molecule is CCCC(C)C.c1ccc2[nH]ccc2c1. The third-order valence-electron chi connectivity index (χ3n) is 2.33. The maximum atomic E-state index is 3.12. The lowest BCUT2D eigenvalue weighted by Gasteiger charge is -1.95. The van der Waals surface area contributed by atoms with Crippen molar-refractivity contribution < 1.29 is 0 Å². The average molecular weight is 203 g/mol. The Morgan fingerprint density at radius 1 is 1.13 bits per heavy atom. The van der Waals surface area contributed by atoms with Crippen molar-refractivity contribution in [1.29, 1.82) is 0 Å². The van der Waals surface area contributed by atoms with Crippen molar-refractivity contribution in [3.8, 4) is 0 Å². The van der Waals surface area contributed by atoms with E-state index >= 15 is 0 Å². The number of rotatable bonds is 2. The Morgan fingerprint density at radius 2 is 1.87 bits per heavy atom. The quantitative estimate of drug-likeness (QED) is 0.733. The minimum atomic E-state index is 0.898. The van der Waals surface area contributed by atoms with E-state index in [2.05, 4.69) is 44.0 Å². The van der Waals surface area contributed by atoms with E-state index in [1.54, 1.807) is 0 Å². The molecule has 0 unspecified atom stereocenters. The van der Waals surface area contributed by atoms with Crippen LogP contribution < -0.4 is 0 Å². The van der Waals surface area contributed by atoms with Crippen molar-refractivity contribution in [1.82, 2.24) is 4.98 Å². The second-order valence-electron chi connectivity index (χ2n) is 4.25. The normalized spacial score (nSPS) is 10.1. The van der Waals surface area contributed by atoms with E-state index in [1.807, 2.05) is 18.3 Å². The largest absolute Gasteiger partial charge is 0.361 e. The summed E-state index contributed by atoms with van der Waals surface area (Å²) in [5.74, 6) is 0.898. The molecule has 82 valence electrons. The number of aromatic amines is 1. The Bertz CT molecular complexity index is 343. The number of fused-ring (bicyclic) bond motifs is 1. The smallest absolute Gasteiger partial charge is 0.0453 e. The van der Waals surface area contributed by atoms with Gasteiger partial charge in [0.2, 0.25) is 0 Å². The number of nitrogens with one attached hydrogen (secondary N) is 1. The van der Waals surface area contributed by atoms with Crippen LogP contribution in [0, 0.1) is 5.92 Å². The van der Waals surface area contributed by atoms with Crippen LogP contribution >= 0.6 is 0 Å². The zero-order valence-corrected chi connectivity index (χ0v) is 9.96. The molecule has 0 aliphatic heterocycles. The Morgan fingerprint density at radius 3 is 2.40 bits per heavy atom. The summed E-state index contributed by atoms with van der Waals surface area (Å²) in [4.78, 5) is 3.12. The molecule has 0 bridgehead atoms. The minimum Gasteiger partial charge on any atom is -0.361 e. The first-order valence-electron chi connectivity index (χ1n) is 5.76. The highest BCUT2D eigenvalue weighted by molar-refractivity contribution is 5.78. The van der Waals surface area contributed by atoms with Gasteiger partial charge in [0.1, 0.15) is 0 Å². The van der Waals surface area contributed by atoms with Crippen LogP contribution in [0.4, 0.5) is 0 Å². The molecule has 0 saturated carbocycles. The van der Waals surface area contributed by atoms with Gasteiger partial charge < -0.3 is 4.98 Å². The summed E-state index contributed by atoms with van der Waals surface area (Å²) in [6.45, 7) is 6.73. The van der Waals surface area contributed by atoms with Crippen molar-refractivity contribution in [2.75, 3.05) is 0 Å². The summed E-state index contributed by atoms with van der Waals surface area (Å²) < 4.78 is 0. The van der Waals surface area contributed by atoms with Crippen molar-refractivity contribution in [2.24, 2.45) is 5.92 Å². The number of aromatic nitrogens is 1. The second kappa shape index (κ2) is 6.28. The van der Waals surface area contributed by atoms with Crippen LogP contribution in [-0.2, 0) is 0 Å². The van der Waals surface area contributed by atoms with Gasteiger partial charge in [-0.1, -0.05) is 51.8 Å². The zero-order chi connectivity index (χ0) is 11.1. The van der Waals surface area contributed by atoms with E-state index in [0.29, 0.717) is 0 Å². The lowest BCUT2D eigenvalue weighted by Crippen LogP contribution is -1.81. The molecule has 1 heteroatoms. The van der Waals surface area contributed by atoms with Crippen LogP contribution in [0.3, 0.4) is 0 Å². The zero-order valence-electron chi connectivity index (χ0n) is 9.96. The van der Waals surface area contributed by atoms with Crippen molar-refractivity contribution in [3.63, 3.8) is 0 Å². The molecule has 0 spiro atoms. The van der Waals surface area contributed by atoms with Gasteiger partial charge in [-0.2, -0.15) is 0 Å². The first-order valence-corrected chi connectivity index (χ1v) is 5.76. The van der Waals surface area contributed by atoms with Crippen LogP contribution in [0.2, 0.25) is 0 Å². The van der Waals surface area contributed by atoms with Crippen molar-refractivity contribution in [2.45, 2.75) is 33.6 Å². The van der Waals surface area contributed by atoms with Gasteiger partial charge in [0.25, 0.3) is 0 Å². The lowest BCUT2D eigenvalue weighted by atomic mass is 10.1. The number of hydrogen-bond donors (Lipinski definition) is 1. The maximum absolute atomic E-state index is 3.12. The first-order chi connectivity index (χ1) is 7.24. The average Bonchev–Trinajstić information content (AvgIpc) is 2.65. The van der Waals surface area contributed by atoms with E-state index in [1.165, 1.54) is 23.7 Å². The van der Waals surface area contributed by atoms with Gasteiger partial charge in [-0.05, 0) is 23.4 Å². The Labute approximate surface area is 92.5 Å². The van der Waals surface area contributed by atoms with Gasteiger partial charge in [-0.15, -0.1) is 0 Å². The third kappa shape index (κ3) is 4.20. The fourth-order valence-electron chi connectivity index (χ4n) is 1.57. The predicted octanol–water partition coefficient (Wildman–Crippen LogP) is 4.61. The van der Waals surface area contributed by atoms with Crippen LogP contribution in [0.1, 0.15) is 33.6 Å². The van der Waals surface area contributed by atoms with E-state index in [-0.39, 0.29) is 0 Å². The molecule has 1 aromatic heterocycles. The third-order valence-corrected chi connectivity index (χ3v) is 2.33. The highest BCUT2D eigenvalue weighted by Gasteiger charge is 1.86. The number of H-pyrrole nitrogens is 1. The Balaban J connectivity index is 0.000000167. The van der Waals surface area contributed by atoms with Crippen molar-refractivity contribution in [3.05, 3.63) is 36.5 Å². The first kappa shape index (κ1) is 11.8. The van der Waals surface area contributed by atoms with Gasteiger partial charge >= 0.3 is 0 Å². The molecule has 0 fully saturated rings. The van der Waals surface area contributed by atoms with E-state index < -0.39 is 0 Å². The highest BCUT2D eigenvalue weighted by atomic mass is 14.6. The lowest BCUT2D eigenvalue weighted by molar-refractivity contribution is 0.576. The van der Waals surface area contributed by atoms with Gasteiger partial charge in [0, 0.05) is 11.7 Å². The standard InChI is InChI=1S/C8H7N.C6H14/c1-2-4-8-7(3-1)5-6-9-8;1-4-5-6(2)3/h1-6,9H;6H,4-5H2,1-3H3. The fourth-order valence-corrected chi connectivity index (χ4v) is 1.57. The molecule has 1 heterocycles.